The van der Waals surface area contributed by atoms with Crippen LogP contribution in [0.2, 0.25) is 0 Å². The molecule has 0 atom stereocenters. The number of aromatic amines is 1. The Hall–Kier alpha value is -3.66. The van der Waals surface area contributed by atoms with Crippen LogP contribution in [-0.4, -0.2) is 23.7 Å². The molecule has 0 aliphatic rings. The van der Waals surface area contributed by atoms with Gasteiger partial charge in [-0.2, -0.15) is 0 Å². The fourth-order valence-corrected chi connectivity index (χ4v) is 3.71. The van der Waals surface area contributed by atoms with Gasteiger partial charge in [0.1, 0.15) is 5.75 Å². The molecule has 0 fully saturated rings. The van der Waals surface area contributed by atoms with Gasteiger partial charge in [0, 0.05) is 28.3 Å². The van der Waals surface area contributed by atoms with E-state index >= 15 is 0 Å². The number of fused-ring (bicyclic) bond motifs is 1. The van der Waals surface area contributed by atoms with Crippen LogP contribution >= 0.6 is 0 Å². The van der Waals surface area contributed by atoms with Gasteiger partial charge in [-0.15, -0.1) is 0 Å². The molecule has 0 aliphatic heterocycles. The zero-order chi connectivity index (χ0) is 21.4. The number of hydrogen-bond acceptors (Lipinski definition) is 3. The smallest absolute Gasteiger partial charge is 0.196 e. The lowest BCUT2D eigenvalue weighted by Gasteiger charge is -2.09. The van der Waals surface area contributed by atoms with Gasteiger partial charge < -0.3 is 9.72 Å². The van der Waals surface area contributed by atoms with E-state index < -0.39 is 0 Å². The number of methoxy groups -OCH3 is 1. The third kappa shape index (κ3) is 3.41. The Labute approximate surface area is 175 Å². The van der Waals surface area contributed by atoms with Crippen molar-refractivity contribution in [2.24, 2.45) is 0 Å². The molecule has 30 heavy (non-hydrogen) atoms. The molecule has 0 saturated heterocycles. The molecule has 0 amide bonds. The lowest BCUT2D eigenvalue weighted by Crippen LogP contribution is -2.05. The number of nitrogens with one attached hydrogen (secondary N) is 1. The summed E-state index contributed by atoms with van der Waals surface area (Å²) in [5.41, 5.74) is 5.92. The standard InChI is InChI=1S/C26H23NO3/c1-15-5-9-18(10-6-15)25(28)21-13-20-22(14-23(21)30-4)27-17(3)24(20)26(29)19-11-7-16(2)8-12-19/h5-14,27H,1-4H3. The maximum atomic E-state index is 13.3. The molecule has 4 nitrogen and oxygen atoms in total. The number of rotatable bonds is 5. The molecule has 1 N–H and O–H groups in total. The minimum Gasteiger partial charge on any atom is -0.496 e. The Morgan fingerprint density at radius 1 is 0.767 bits per heavy atom. The zero-order valence-corrected chi connectivity index (χ0v) is 17.5. The summed E-state index contributed by atoms with van der Waals surface area (Å²) in [4.78, 5) is 29.7. The first kappa shape index (κ1) is 19.6. The molecule has 4 heteroatoms. The zero-order valence-electron chi connectivity index (χ0n) is 17.5. The third-order valence-electron chi connectivity index (χ3n) is 5.41. The molecule has 3 aromatic carbocycles. The van der Waals surface area contributed by atoms with Crippen molar-refractivity contribution in [1.82, 2.24) is 4.98 Å². The first-order valence-electron chi connectivity index (χ1n) is 9.82. The average Bonchev–Trinajstić information content (AvgIpc) is 3.07. The number of ketones is 2. The van der Waals surface area contributed by atoms with Crippen LogP contribution in [0.1, 0.15) is 48.7 Å². The van der Waals surface area contributed by atoms with Gasteiger partial charge in [-0.05, 0) is 26.8 Å². The molecule has 4 aromatic rings. The van der Waals surface area contributed by atoms with Gasteiger partial charge in [0.05, 0.1) is 23.8 Å². The number of aryl methyl sites for hydroxylation is 3. The van der Waals surface area contributed by atoms with E-state index in [1.165, 1.54) is 0 Å². The predicted octanol–water partition coefficient (Wildman–Crippen LogP) is 5.56. The van der Waals surface area contributed by atoms with Crippen molar-refractivity contribution in [2.45, 2.75) is 20.8 Å². The minimum atomic E-state index is -0.138. The van der Waals surface area contributed by atoms with E-state index in [1.54, 1.807) is 19.2 Å². The number of aromatic nitrogens is 1. The third-order valence-corrected chi connectivity index (χ3v) is 5.41. The lowest BCUT2D eigenvalue weighted by molar-refractivity contribution is 0.102. The van der Waals surface area contributed by atoms with Crippen molar-refractivity contribution in [1.29, 1.82) is 0 Å². The fourth-order valence-electron chi connectivity index (χ4n) is 3.71. The van der Waals surface area contributed by atoms with Gasteiger partial charge in [-0.3, -0.25) is 9.59 Å². The summed E-state index contributed by atoms with van der Waals surface area (Å²) < 4.78 is 5.50. The molecule has 0 unspecified atom stereocenters. The summed E-state index contributed by atoms with van der Waals surface area (Å²) in [6.45, 7) is 5.84. The second-order valence-corrected chi connectivity index (χ2v) is 7.61. The molecule has 0 aliphatic carbocycles. The largest absolute Gasteiger partial charge is 0.496 e. The van der Waals surface area contributed by atoms with Crippen LogP contribution in [0, 0.1) is 20.8 Å². The Morgan fingerprint density at radius 2 is 1.30 bits per heavy atom. The summed E-state index contributed by atoms with van der Waals surface area (Å²) in [7, 11) is 1.54. The molecule has 0 radical (unpaired) electrons. The second kappa shape index (κ2) is 7.64. The molecule has 0 bridgehead atoms. The second-order valence-electron chi connectivity index (χ2n) is 7.61. The van der Waals surface area contributed by atoms with E-state index in [0.717, 1.165) is 22.3 Å². The average molecular weight is 397 g/mol. The Kier molecular flexibility index (Phi) is 5.00. The number of hydrogen-bond donors (Lipinski definition) is 1. The van der Waals surface area contributed by atoms with Crippen molar-refractivity contribution >= 4 is 22.5 Å². The summed E-state index contributed by atoms with van der Waals surface area (Å²) >= 11 is 0. The number of carbonyl (C=O) groups excluding carboxylic acids is 2. The predicted molar refractivity (Wildman–Crippen MR) is 119 cm³/mol. The van der Waals surface area contributed by atoms with Gasteiger partial charge in [0.2, 0.25) is 0 Å². The van der Waals surface area contributed by atoms with Crippen LogP contribution in [0.3, 0.4) is 0 Å². The van der Waals surface area contributed by atoms with Gasteiger partial charge in [-0.1, -0.05) is 59.7 Å². The Balaban J connectivity index is 1.87. The maximum Gasteiger partial charge on any atom is 0.196 e. The molecule has 0 saturated carbocycles. The fraction of sp³-hybridized carbons (Fsp3) is 0.154. The molecular weight excluding hydrogens is 374 g/mol. The van der Waals surface area contributed by atoms with Gasteiger partial charge >= 0.3 is 0 Å². The summed E-state index contributed by atoms with van der Waals surface area (Å²) in [6.07, 6.45) is 0. The number of ether oxygens (including phenoxy) is 1. The number of H-pyrrole nitrogens is 1. The Bertz CT molecular complexity index is 1260. The number of benzene rings is 3. The Morgan fingerprint density at radius 3 is 1.83 bits per heavy atom. The highest BCUT2D eigenvalue weighted by Gasteiger charge is 2.22. The van der Waals surface area contributed by atoms with E-state index in [2.05, 4.69) is 4.98 Å². The van der Waals surface area contributed by atoms with Crippen molar-refractivity contribution in [3.8, 4) is 5.75 Å². The van der Waals surface area contributed by atoms with Crippen molar-refractivity contribution in [2.75, 3.05) is 7.11 Å². The highest BCUT2D eigenvalue weighted by Crippen LogP contribution is 2.32. The molecule has 1 heterocycles. The first-order chi connectivity index (χ1) is 14.4. The topological polar surface area (TPSA) is 59.2 Å². The van der Waals surface area contributed by atoms with E-state index in [0.29, 0.717) is 33.4 Å². The van der Waals surface area contributed by atoms with E-state index in [9.17, 15) is 9.59 Å². The van der Waals surface area contributed by atoms with Crippen LogP contribution in [-0.2, 0) is 0 Å². The minimum absolute atomic E-state index is 0.0716. The SMILES string of the molecule is COc1cc2[nH]c(C)c(C(=O)c3ccc(C)cc3)c2cc1C(=O)c1ccc(C)cc1. The van der Waals surface area contributed by atoms with Gasteiger partial charge in [0.25, 0.3) is 0 Å². The monoisotopic (exact) mass is 397 g/mol. The molecule has 4 rings (SSSR count). The molecular formula is C26H23NO3. The van der Waals surface area contributed by atoms with Crippen molar-refractivity contribution in [3.63, 3.8) is 0 Å². The van der Waals surface area contributed by atoms with E-state index in [1.807, 2.05) is 69.3 Å². The highest BCUT2D eigenvalue weighted by atomic mass is 16.5. The van der Waals surface area contributed by atoms with Gasteiger partial charge in [-0.25, -0.2) is 0 Å². The maximum absolute atomic E-state index is 13.3. The van der Waals surface area contributed by atoms with Crippen LogP contribution in [0.15, 0.2) is 60.7 Å². The van der Waals surface area contributed by atoms with Crippen molar-refractivity contribution < 1.29 is 14.3 Å². The molecule has 150 valence electrons. The molecule has 1 aromatic heterocycles. The van der Waals surface area contributed by atoms with Gasteiger partial charge in [0.15, 0.2) is 11.6 Å². The quantitative estimate of drug-likeness (QED) is 0.448. The van der Waals surface area contributed by atoms with E-state index in [4.69, 9.17) is 4.74 Å². The first-order valence-corrected chi connectivity index (χ1v) is 9.82. The van der Waals surface area contributed by atoms with Crippen molar-refractivity contribution in [3.05, 3.63) is 99.7 Å². The van der Waals surface area contributed by atoms with Crippen LogP contribution in [0.5, 0.6) is 5.75 Å². The number of carbonyl (C=O) groups is 2. The van der Waals surface area contributed by atoms with Crippen LogP contribution < -0.4 is 4.74 Å². The summed E-state index contributed by atoms with van der Waals surface area (Å²) in [5, 5.41) is 0.717. The lowest BCUT2D eigenvalue weighted by atomic mass is 9.96. The van der Waals surface area contributed by atoms with Crippen LogP contribution in [0.4, 0.5) is 0 Å². The summed E-state index contributed by atoms with van der Waals surface area (Å²) in [6, 6.07) is 18.5. The normalized spacial score (nSPS) is 10.9. The highest BCUT2D eigenvalue weighted by molar-refractivity contribution is 6.19. The van der Waals surface area contributed by atoms with Crippen LogP contribution in [0.25, 0.3) is 10.9 Å². The van der Waals surface area contributed by atoms with E-state index in [-0.39, 0.29) is 11.6 Å². The molecule has 0 spiro atoms. The summed E-state index contributed by atoms with van der Waals surface area (Å²) in [5.74, 6) is 0.266.